The molecule has 7 heteroatoms. The lowest BCUT2D eigenvalue weighted by atomic mass is 9.99. The fourth-order valence-corrected chi connectivity index (χ4v) is 3.01. The quantitative estimate of drug-likeness (QED) is 0.850. The number of benzene rings is 1. The zero-order valence-electron chi connectivity index (χ0n) is 14.0. The minimum atomic E-state index is -0.580. The summed E-state index contributed by atoms with van der Waals surface area (Å²) >= 11 is 6.06. The lowest BCUT2D eigenvalue weighted by Gasteiger charge is -2.34. The van der Waals surface area contributed by atoms with Crippen molar-refractivity contribution >= 4 is 35.8 Å². The molecule has 5 nitrogen and oxygen atoms in total. The summed E-state index contributed by atoms with van der Waals surface area (Å²) < 4.78 is 0. The van der Waals surface area contributed by atoms with E-state index < -0.39 is 6.04 Å². The number of rotatable bonds is 4. The number of likely N-dealkylation sites (tertiary alicyclic amines) is 1. The first kappa shape index (κ1) is 20.7. The van der Waals surface area contributed by atoms with Gasteiger partial charge in [0.15, 0.2) is 0 Å². The Hall–Kier alpha value is -1.30. The van der Waals surface area contributed by atoms with Gasteiger partial charge in [0.2, 0.25) is 5.91 Å². The minimum Gasteiger partial charge on any atom is -0.340 e. The molecule has 2 amide bonds. The number of hydrogen-bond donors (Lipinski definition) is 2. The first-order valence-electron chi connectivity index (χ1n) is 8.00. The molecular weight excluding hydrogens is 349 g/mol. The number of nitrogens with zero attached hydrogens (tertiary/aromatic N) is 1. The molecule has 24 heavy (non-hydrogen) atoms. The Morgan fingerprint density at radius 1 is 1.33 bits per heavy atom. The van der Waals surface area contributed by atoms with Crippen LogP contribution in [0.5, 0.6) is 0 Å². The average molecular weight is 374 g/mol. The van der Waals surface area contributed by atoms with Gasteiger partial charge in [-0.2, -0.15) is 0 Å². The summed E-state index contributed by atoms with van der Waals surface area (Å²) in [5, 5.41) is 3.21. The Balaban J connectivity index is 0.00000288. The first-order valence-corrected chi connectivity index (χ1v) is 8.37. The van der Waals surface area contributed by atoms with Crippen LogP contribution in [0, 0.1) is 5.92 Å². The molecule has 0 saturated carbocycles. The lowest BCUT2D eigenvalue weighted by molar-refractivity contribution is -0.135. The largest absolute Gasteiger partial charge is 0.340 e. The SMILES string of the molecule is CC(C)C(NC(=O)c1ccccc1Cl)C(=O)N1CCCC(N)C1.Cl. The maximum absolute atomic E-state index is 12.8. The van der Waals surface area contributed by atoms with Gasteiger partial charge in [-0.15, -0.1) is 12.4 Å². The molecule has 0 aromatic heterocycles. The van der Waals surface area contributed by atoms with Gasteiger partial charge in [-0.05, 0) is 30.9 Å². The molecule has 2 rings (SSSR count). The molecule has 1 aliphatic heterocycles. The van der Waals surface area contributed by atoms with E-state index in [0.29, 0.717) is 23.7 Å². The summed E-state index contributed by atoms with van der Waals surface area (Å²) in [5.41, 5.74) is 6.33. The molecule has 1 saturated heterocycles. The van der Waals surface area contributed by atoms with Gasteiger partial charge in [0, 0.05) is 19.1 Å². The molecule has 0 bridgehead atoms. The number of piperidine rings is 1. The zero-order valence-corrected chi connectivity index (χ0v) is 15.6. The van der Waals surface area contributed by atoms with Crippen LogP contribution in [-0.2, 0) is 4.79 Å². The number of amides is 2. The molecule has 1 fully saturated rings. The third kappa shape index (κ3) is 5.10. The zero-order chi connectivity index (χ0) is 17.0. The van der Waals surface area contributed by atoms with E-state index in [0.717, 1.165) is 12.8 Å². The van der Waals surface area contributed by atoms with Crippen molar-refractivity contribution in [3.8, 4) is 0 Å². The number of nitrogens with one attached hydrogen (secondary N) is 1. The number of halogens is 2. The van der Waals surface area contributed by atoms with Crippen LogP contribution in [0.25, 0.3) is 0 Å². The highest BCUT2D eigenvalue weighted by Crippen LogP contribution is 2.17. The van der Waals surface area contributed by atoms with Crippen LogP contribution < -0.4 is 11.1 Å². The molecule has 134 valence electrons. The van der Waals surface area contributed by atoms with Crippen LogP contribution in [0.3, 0.4) is 0 Å². The molecule has 1 aliphatic rings. The second kappa shape index (κ2) is 9.25. The molecule has 1 heterocycles. The van der Waals surface area contributed by atoms with E-state index in [9.17, 15) is 9.59 Å². The molecule has 1 aromatic carbocycles. The van der Waals surface area contributed by atoms with Crippen molar-refractivity contribution in [2.24, 2.45) is 11.7 Å². The van der Waals surface area contributed by atoms with Gasteiger partial charge in [0.25, 0.3) is 5.91 Å². The molecule has 1 aromatic rings. The Morgan fingerprint density at radius 2 is 2.00 bits per heavy atom. The Labute approximate surface area is 154 Å². The van der Waals surface area contributed by atoms with Crippen molar-refractivity contribution in [1.82, 2.24) is 10.2 Å². The highest BCUT2D eigenvalue weighted by Gasteiger charge is 2.31. The molecule has 0 spiro atoms. The van der Waals surface area contributed by atoms with Crippen molar-refractivity contribution in [3.05, 3.63) is 34.9 Å². The van der Waals surface area contributed by atoms with E-state index in [1.807, 2.05) is 13.8 Å². The summed E-state index contributed by atoms with van der Waals surface area (Å²) in [6, 6.07) is 6.25. The number of hydrogen-bond acceptors (Lipinski definition) is 3. The highest BCUT2D eigenvalue weighted by molar-refractivity contribution is 6.33. The monoisotopic (exact) mass is 373 g/mol. The van der Waals surface area contributed by atoms with Crippen LogP contribution in [0.15, 0.2) is 24.3 Å². The van der Waals surface area contributed by atoms with Crippen LogP contribution in [0.2, 0.25) is 5.02 Å². The predicted molar refractivity (Wildman–Crippen MR) is 98.6 cm³/mol. The van der Waals surface area contributed by atoms with Gasteiger partial charge in [-0.25, -0.2) is 0 Å². The maximum Gasteiger partial charge on any atom is 0.253 e. The van der Waals surface area contributed by atoms with E-state index in [1.165, 1.54) is 0 Å². The summed E-state index contributed by atoms with van der Waals surface area (Å²) in [4.78, 5) is 27.0. The second-order valence-corrected chi connectivity index (χ2v) is 6.77. The van der Waals surface area contributed by atoms with Crippen LogP contribution in [0.4, 0.5) is 0 Å². The molecule has 3 N–H and O–H groups in total. The summed E-state index contributed by atoms with van der Waals surface area (Å²) in [7, 11) is 0. The molecular formula is C17H25Cl2N3O2. The number of carbonyl (C=O) groups excluding carboxylic acids is 2. The van der Waals surface area contributed by atoms with E-state index in [2.05, 4.69) is 5.32 Å². The number of carbonyl (C=O) groups is 2. The first-order chi connectivity index (χ1) is 10.9. The Kier molecular flexibility index (Phi) is 8.00. The van der Waals surface area contributed by atoms with Gasteiger partial charge in [-0.3, -0.25) is 9.59 Å². The lowest BCUT2D eigenvalue weighted by Crippen LogP contribution is -2.55. The summed E-state index contributed by atoms with van der Waals surface area (Å²) in [6.07, 6.45) is 1.83. The van der Waals surface area contributed by atoms with Crippen LogP contribution in [0.1, 0.15) is 37.0 Å². The number of nitrogens with two attached hydrogens (primary N) is 1. The van der Waals surface area contributed by atoms with E-state index in [1.54, 1.807) is 29.2 Å². The summed E-state index contributed by atoms with van der Waals surface area (Å²) in [5.74, 6) is -0.424. The molecule has 0 aliphatic carbocycles. The standard InChI is InChI=1S/C17H24ClN3O2.ClH/c1-11(2)15(17(23)21-9-5-6-12(19)10-21)20-16(22)13-7-3-4-8-14(13)18;/h3-4,7-8,11-12,15H,5-6,9-10,19H2,1-2H3,(H,20,22);1H. The average Bonchev–Trinajstić information content (AvgIpc) is 2.52. The van der Waals surface area contributed by atoms with Crippen molar-refractivity contribution in [2.45, 2.75) is 38.8 Å². The van der Waals surface area contributed by atoms with E-state index >= 15 is 0 Å². The third-order valence-electron chi connectivity index (χ3n) is 4.11. The van der Waals surface area contributed by atoms with Crippen LogP contribution in [-0.4, -0.2) is 41.9 Å². The van der Waals surface area contributed by atoms with Gasteiger partial charge < -0.3 is 16.0 Å². The highest BCUT2D eigenvalue weighted by atomic mass is 35.5. The van der Waals surface area contributed by atoms with Crippen molar-refractivity contribution < 1.29 is 9.59 Å². The fraction of sp³-hybridized carbons (Fsp3) is 0.529. The predicted octanol–water partition coefficient (Wildman–Crippen LogP) is 2.47. The molecule has 2 atom stereocenters. The Bertz CT molecular complexity index is 581. The maximum atomic E-state index is 12.8. The normalized spacial score (nSPS) is 18.7. The minimum absolute atomic E-state index is 0. The third-order valence-corrected chi connectivity index (χ3v) is 4.44. The van der Waals surface area contributed by atoms with Gasteiger partial charge >= 0.3 is 0 Å². The van der Waals surface area contributed by atoms with Gasteiger partial charge in [0.05, 0.1) is 10.6 Å². The van der Waals surface area contributed by atoms with Crippen molar-refractivity contribution in [3.63, 3.8) is 0 Å². The van der Waals surface area contributed by atoms with Crippen LogP contribution >= 0.6 is 24.0 Å². The smallest absolute Gasteiger partial charge is 0.253 e. The van der Waals surface area contributed by atoms with Crippen molar-refractivity contribution in [1.29, 1.82) is 0 Å². The van der Waals surface area contributed by atoms with Gasteiger partial charge in [0.1, 0.15) is 6.04 Å². The Morgan fingerprint density at radius 3 is 2.58 bits per heavy atom. The molecule has 2 unspecified atom stereocenters. The second-order valence-electron chi connectivity index (χ2n) is 6.36. The van der Waals surface area contributed by atoms with E-state index in [4.69, 9.17) is 17.3 Å². The van der Waals surface area contributed by atoms with Gasteiger partial charge in [-0.1, -0.05) is 37.6 Å². The topological polar surface area (TPSA) is 75.4 Å². The van der Waals surface area contributed by atoms with E-state index in [-0.39, 0.29) is 36.2 Å². The summed E-state index contributed by atoms with van der Waals surface area (Å²) in [6.45, 7) is 5.07. The fourth-order valence-electron chi connectivity index (χ4n) is 2.78. The molecule has 0 radical (unpaired) electrons. The van der Waals surface area contributed by atoms with Crippen molar-refractivity contribution in [2.75, 3.05) is 13.1 Å².